The zero-order chi connectivity index (χ0) is 22.0. The fourth-order valence-corrected chi connectivity index (χ4v) is 3.78. The van der Waals surface area contributed by atoms with E-state index >= 15 is 0 Å². The average Bonchev–Trinajstić information content (AvgIpc) is 2.77. The standard InChI is InChI=1S/C25H34N2O3/c1-20(2)25(19-26,21-11-6-7-12-22(21)28-4)15-10-16-27(3)17-18-30-24-14-9-8-13-23(24)29-5/h6-9,11-14,20H,10,15-18H2,1-5H3/t25-/m0/s1. The van der Waals surface area contributed by atoms with Gasteiger partial charge >= 0.3 is 0 Å². The van der Waals surface area contributed by atoms with Crippen molar-refractivity contribution < 1.29 is 14.2 Å². The molecule has 5 heteroatoms. The second kappa shape index (κ2) is 11.5. The van der Waals surface area contributed by atoms with Crippen LogP contribution in [-0.4, -0.2) is 45.9 Å². The Labute approximate surface area is 181 Å². The largest absolute Gasteiger partial charge is 0.496 e. The molecule has 0 heterocycles. The number of likely N-dealkylation sites (N-methyl/N-ethyl adjacent to an activating group) is 1. The van der Waals surface area contributed by atoms with Gasteiger partial charge in [0.2, 0.25) is 0 Å². The summed E-state index contributed by atoms with van der Waals surface area (Å²) in [6.45, 7) is 6.49. The maximum atomic E-state index is 10.2. The van der Waals surface area contributed by atoms with Gasteiger partial charge < -0.3 is 19.1 Å². The van der Waals surface area contributed by atoms with Crippen LogP contribution < -0.4 is 14.2 Å². The number of para-hydroxylation sites is 3. The lowest BCUT2D eigenvalue weighted by Crippen LogP contribution is -2.33. The minimum Gasteiger partial charge on any atom is -0.496 e. The van der Waals surface area contributed by atoms with Gasteiger partial charge in [-0.15, -0.1) is 0 Å². The fraction of sp³-hybridized carbons (Fsp3) is 0.480. The SMILES string of the molecule is COc1ccccc1OCCN(C)CCC[C@@](C#N)(c1ccccc1OC)C(C)C. The van der Waals surface area contributed by atoms with Crippen molar-refractivity contribution >= 4 is 0 Å². The Morgan fingerprint density at radius 2 is 1.53 bits per heavy atom. The van der Waals surface area contributed by atoms with Crippen LogP contribution >= 0.6 is 0 Å². The lowest BCUT2D eigenvalue weighted by atomic mass is 9.69. The summed E-state index contributed by atoms with van der Waals surface area (Å²) in [5, 5.41) is 10.2. The number of benzene rings is 2. The molecule has 0 bridgehead atoms. The molecule has 0 aliphatic carbocycles. The van der Waals surface area contributed by atoms with Crippen molar-refractivity contribution in [3.63, 3.8) is 0 Å². The fourth-order valence-electron chi connectivity index (χ4n) is 3.78. The smallest absolute Gasteiger partial charge is 0.161 e. The molecule has 0 spiro atoms. The van der Waals surface area contributed by atoms with Crippen LogP contribution in [0.3, 0.4) is 0 Å². The number of nitriles is 1. The molecule has 0 amide bonds. The van der Waals surface area contributed by atoms with Crippen LogP contribution in [0.4, 0.5) is 0 Å². The van der Waals surface area contributed by atoms with Gasteiger partial charge in [0, 0.05) is 12.1 Å². The molecule has 0 fully saturated rings. The molecule has 0 radical (unpaired) electrons. The highest BCUT2D eigenvalue weighted by molar-refractivity contribution is 5.44. The van der Waals surface area contributed by atoms with E-state index in [0.29, 0.717) is 6.61 Å². The highest BCUT2D eigenvalue weighted by Gasteiger charge is 2.37. The molecule has 0 aliphatic rings. The van der Waals surface area contributed by atoms with Gasteiger partial charge in [-0.25, -0.2) is 0 Å². The minimum absolute atomic E-state index is 0.179. The number of rotatable bonds is 12. The van der Waals surface area contributed by atoms with Gasteiger partial charge in [0.25, 0.3) is 0 Å². The minimum atomic E-state index is -0.568. The normalized spacial score (nSPS) is 13.0. The first-order chi connectivity index (χ1) is 14.5. The van der Waals surface area contributed by atoms with Crippen molar-refractivity contribution in [1.29, 1.82) is 5.26 Å². The monoisotopic (exact) mass is 410 g/mol. The predicted molar refractivity (Wildman–Crippen MR) is 120 cm³/mol. The summed E-state index contributed by atoms with van der Waals surface area (Å²) in [6, 6.07) is 18.2. The lowest BCUT2D eigenvalue weighted by Gasteiger charge is -2.33. The zero-order valence-corrected chi connectivity index (χ0v) is 18.9. The summed E-state index contributed by atoms with van der Waals surface area (Å²) < 4.78 is 16.7. The molecule has 30 heavy (non-hydrogen) atoms. The summed E-state index contributed by atoms with van der Waals surface area (Å²) in [5.74, 6) is 2.46. The topological polar surface area (TPSA) is 54.7 Å². The maximum absolute atomic E-state index is 10.2. The van der Waals surface area contributed by atoms with Gasteiger partial charge in [-0.05, 0) is 50.6 Å². The first-order valence-electron chi connectivity index (χ1n) is 10.5. The van der Waals surface area contributed by atoms with Gasteiger partial charge in [0.15, 0.2) is 11.5 Å². The van der Waals surface area contributed by atoms with Crippen LogP contribution in [0.15, 0.2) is 48.5 Å². The predicted octanol–water partition coefficient (Wildman–Crippen LogP) is 4.91. The van der Waals surface area contributed by atoms with E-state index in [1.54, 1.807) is 14.2 Å². The molecule has 2 rings (SSSR count). The highest BCUT2D eigenvalue weighted by atomic mass is 16.5. The maximum Gasteiger partial charge on any atom is 0.161 e. The van der Waals surface area contributed by atoms with E-state index in [9.17, 15) is 5.26 Å². The van der Waals surface area contributed by atoms with E-state index in [2.05, 4.69) is 31.9 Å². The van der Waals surface area contributed by atoms with Crippen molar-refractivity contribution in [3.05, 3.63) is 54.1 Å². The molecule has 1 atom stereocenters. The van der Waals surface area contributed by atoms with E-state index in [1.165, 1.54) is 0 Å². The van der Waals surface area contributed by atoms with Gasteiger partial charge in [-0.1, -0.05) is 44.2 Å². The summed E-state index contributed by atoms with van der Waals surface area (Å²) in [7, 11) is 5.39. The first-order valence-corrected chi connectivity index (χ1v) is 10.5. The van der Waals surface area contributed by atoms with Crippen LogP contribution in [0.25, 0.3) is 0 Å². The molecule has 5 nitrogen and oxygen atoms in total. The summed E-state index contributed by atoms with van der Waals surface area (Å²) >= 11 is 0. The van der Waals surface area contributed by atoms with Gasteiger partial charge in [0.05, 0.1) is 25.7 Å². The molecular weight excluding hydrogens is 376 g/mol. The third-order valence-corrected chi connectivity index (χ3v) is 5.68. The Morgan fingerprint density at radius 3 is 2.13 bits per heavy atom. The van der Waals surface area contributed by atoms with Crippen molar-refractivity contribution in [1.82, 2.24) is 4.90 Å². The van der Waals surface area contributed by atoms with Gasteiger partial charge in [-0.3, -0.25) is 0 Å². The third-order valence-electron chi connectivity index (χ3n) is 5.68. The quantitative estimate of drug-likeness (QED) is 0.497. The van der Waals surface area contributed by atoms with Crippen molar-refractivity contribution in [2.45, 2.75) is 32.1 Å². The third kappa shape index (κ3) is 5.67. The lowest BCUT2D eigenvalue weighted by molar-refractivity contribution is 0.222. The molecule has 162 valence electrons. The van der Waals surface area contributed by atoms with Crippen LogP contribution in [-0.2, 0) is 5.41 Å². The molecule has 0 aromatic heterocycles. The van der Waals surface area contributed by atoms with Crippen LogP contribution in [0.2, 0.25) is 0 Å². The molecule has 0 N–H and O–H groups in total. The van der Waals surface area contributed by atoms with E-state index in [4.69, 9.17) is 14.2 Å². The summed E-state index contributed by atoms with van der Waals surface area (Å²) in [6.07, 6.45) is 1.69. The van der Waals surface area contributed by atoms with Crippen molar-refractivity contribution in [2.24, 2.45) is 5.92 Å². The second-order valence-electron chi connectivity index (χ2n) is 7.84. The van der Waals surface area contributed by atoms with Crippen molar-refractivity contribution in [2.75, 3.05) is 41.0 Å². The number of methoxy groups -OCH3 is 2. The average molecular weight is 411 g/mol. The van der Waals surface area contributed by atoms with Crippen molar-refractivity contribution in [3.8, 4) is 23.3 Å². The molecule has 2 aromatic carbocycles. The number of hydrogen-bond acceptors (Lipinski definition) is 5. The van der Waals surface area contributed by atoms with Crippen LogP contribution in [0.1, 0.15) is 32.3 Å². The number of ether oxygens (including phenoxy) is 3. The molecule has 0 saturated carbocycles. The highest BCUT2D eigenvalue weighted by Crippen LogP contribution is 2.41. The molecule has 2 aromatic rings. The molecule has 0 aliphatic heterocycles. The number of hydrogen-bond donors (Lipinski definition) is 0. The Hall–Kier alpha value is -2.71. The first kappa shape index (κ1) is 23.6. The molecule has 0 saturated heterocycles. The number of nitrogens with zero attached hydrogens (tertiary/aromatic N) is 2. The Balaban J connectivity index is 1.93. The Morgan fingerprint density at radius 1 is 0.933 bits per heavy atom. The molecule has 0 unspecified atom stereocenters. The van der Waals surface area contributed by atoms with E-state index < -0.39 is 5.41 Å². The Kier molecular flexibility index (Phi) is 9.01. The second-order valence-corrected chi connectivity index (χ2v) is 7.84. The summed E-state index contributed by atoms with van der Waals surface area (Å²) in [5.41, 5.74) is 0.411. The summed E-state index contributed by atoms with van der Waals surface area (Å²) in [4.78, 5) is 2.24. The van der Waals surface area contributed by atoms with E-state index in [1.807, 2.05) is 48.5 Å². The van der Waals surface area contributed by atoms with E-state index in [-0.39, 0.29) is 5.92 Å². The molecular formula is C25H34N2O3. The van der Waals surface area contributed by atoms with Gasteiger partial charge in [-0.2, -0.15) is 5.26 Å². The van der Waals surface area contributed by atoms with E-state index in [0.717, 1.165) is 48.7 Å². The zero-order valence-electron chi connectivity index (χ0n) is 18.9. The Bertz CT molecular complexity index is 831. The van der Waals surface area contributed by atoms with Crippen LogP contribution in [0.5, 0.6) is 17.2 Å². The van der Waals surface area contributed by atoms with Gasteiger partial charge in [0.1, 0.15) is 12.4 Å². The van der Waals surface area contributed by atoms with Crippen LogP contribution in [0, 0.1) is 17.2 Å².